The molecule has 0 amide bonds. The van der Waals surface area contributed by atoms with E-state index >= 15 is 0 Å². The smallest absolute Gasteiger partial charge is 0.211 e. The molecule has 1 saturated heterocycles. The van der Waals surface area contributed by atoms with E-state index in [1.807, 2.05) is 18.2 Å². The Morgan fingerprint density at radius 3 is 2.24 bits per heavy atom. The second kappa shape index (κ2) is 11.8. The molecule has 0 atom stereocenters. The summed E-state index contributed by atoms with van der Waals surface area (Å²) in [4.78, 5) is 5.08. The first-order valence-electron chi connectivity index (χ1n) is 12.3. The molecule has 2 fully saturated rings. The molecule has 1 aliphatic heterocycles. The van der Waals surface area contributed by atoms with Gasteiger partial charge >= 0.3 is 0 Å². The molecule has 0 bridgehead atoms. The van der Waals surface area contributed by atoms with Gasteiger partial charge in [0.05, 0.1) is 5.75 Å². The Morgan fingerprint density at radius 1 is 0.848 bits per heavy atom. The average molecular weight is 490 g/mol. The third-order valence-electron chi connectivity index (χ3n) is 6.54. The van der Waals surface area contributed by atoms with E-state index in [1.165, 1.54) is 11.1 Å². The maximum atomic E-state index is 11.9. The van der Waals surface area contributed by atoms with Crippen molar-refractivity contribution in [2.75, 3.05) is 38.5 Å². The van der Waals surface area contributed by atoms with Crippen molar-refractivity contribution in [3.63, 3.8) is 0 Å². The summed E-state index contributed by atoms with van der Waals surface area (Å²) >= 11 is 6.12. The molecular formula is C26H36ClN3O2S. The van der Waals surface area contributed by atoms with Gasteiger partial charge in [0.2, 0.25) is 10.0 Å². The average Bonchev–Trinajstić information content (AvgIpc) is 3.61. The molecule has 1 aliphatic carbocycles. The Labute approximate surface area is 204 Å². The summed E-state index contributed by atoms with van der Waals surface area (Å²) in [6.45, 7) is 6.53. The monoisotopic (exact) mass is 489 g/mol. The molecule has 2 aromatic rings. The van der Waals surface area contributed by atoms with Crippen molar-refractivity contribution in [3.8, 4) is 11.1 Å². The molecule has 5 nitrogen and oxygen atoms in total. The molecule has 0 spiro atoms. The lowest BCUT2D eigenvalue weighted by Crippen LogP contribution is -2.46. The number of nitrogens with zero attached hydrogens (tertiary/aromatic N) is 2. The third-order valence-corrected chi connectivity index (χ3v) is 8.30. The molecule has 1 saturated carbocycles. The van der Waals surface area contributed by atoms with Gasteiger partial charge in [-0.25, -0.2) is 13.1 Å². The van der Waals surface area contributed by atoms with Crippen LogP contribution in [-0.4, -0.2) is 62.7 Å². The molecule has 0 radical (unpaired) electrons. The van der Waals surface area contributed by atoms with Crippen LogP contribution in [0.4, 0.5) is 0 Å². The van der Waals surface area contributed by atoms with Crippen molar-refractivity contribution in [3.05, 3.63) is 59.1 Å². The lowest BCUT2D eigenvalue weighted by atomic mass is 10.0. The number of nitrogens with one attached hydrogen (secondary N) is 1. The number of unbranched alkanes of at least 4 members (excludes halogenated alkanes) is 3. The normalized spacial score (nSPS) is 18.0. The first-order chi connectivity index (χ1) is 16.0. The second-order valence-electron chi connectivity index (χ2n) is 9.45. The Balaban J connectivity index is 1.09. The van der Waals surface area contributed by atoms with E-state index < -0.39 is 10.0 Å². The number of sulfonamides is 1. The Morgan fingerprint density at radius 2 is 1.55 bits per heavy atom. The largest absolute Gasteiger partial charge is 0.301 e. The Kier molecular flexibility index (Phi) is 8.83. The summed E-state index contributed by atoms with van der Waals surface area (Å²) in [5.74, 6) is 0.280. The van der Waals surface area contributed by atoms with Crippen LogP contribution in [0.25, 0.3) is 11.1 Å². The van der Waals surface area contributed by atoms with Gasteiger partial charge in [0.25, 0.3) is 0 Å². The van der Waals surface area contributed by atoms with Crippen molar-refractivity contribution in [2.45, 2.75) is 51.1 Å². The molecule has 7 heteroatoms. The molecule has 2 aliphatic rings. The zero-order chi connectivity index (χ0) is 23.1. The van der Waals surface area contributed by atoms with E-state index in [0.717, 1.165) is 88.4 Å². The highest BCUT2D eigenvalue weighted by molar-refractivity contribution is 7.89. The van der Waals surface area contributed by atoms with Crippen LogP contribution in [0.5, 0.6) is 0 Å². The van der Waals surface area contributed by atoms with Crippen molar-refractivity contribution < 1.29 is 8.42 Å². The summed E-state index contributed by atoms with van der Waals surface area (Å²) in [5.41, 5.74) is 3.70. The van der Waals surface area contributed by atoms with Gasteiger partial charge in [-0.05, 0) is 61.1 Å². The minimum Gasteiger partial charge on any atom is -0.301 e. The number of piperazine rings is 1. The van der Waals surface area contributed by atoms with Gasteiger partial charge in [-0.15, -0.1) is 0 Å². The topological polar surface area (TPSA) is 52.7 Å². The summed E-state index contributed by atoms with van der Waals surface area (Å²) in [5, 5.41) is 0.767. The fourth-order valence-electron chi connectivity index (χ4n) is 4.39. The van der Waals surface area contributed by atoms with Gasteiger partial charge < -0.3 is 4.90 Å². The number of hydrogen-bond acceptors (Lipinski definition) is 4. The number of rotatable bonds is 12. The van der Waals surface area contributed by atoms with E-state index in [0.29, 0.717) is 0 Å². The molecule has 180 valence electrons. The molecule has 1 heterocycles. The molecule has 0 unspecified atom stereocenters. The molecule has 1 N–H and O–H groups in total. The van der Waals surface area contributed by atoms with E-state index in [9.17, 15) is 8.42 Å². The first-order valence-corrected chi connectivity index (χ1v) is 14.3. The van der Waals surface area contributed by atoms with Crippen LogP contribution in [0.3, 0.4) is 0 Å². The van der Waals surface area contributed by atoms with Crippen LogP contribution >= 0.6 is 11.6 Å². The summed E-state index contributed by atoms with van der Waals surface area (Å²) in [7, 11) is -3.05. The van der Waals surface area contributed by atoms with Crippen molar-refractivity contribution in [2.24, 2.45) is 0 Å². The first kappa shape index (κ1) is 24.7. The summed E-state index contributed by atoms with van der Waals surface area (Å²) in [6, 6.07) is 17.0. The van der Waals surface area contributed by atoms with Gasteiger partial charge in [0.15, 0.2) is 0 Å². The third kappa shape index (κ3) is 8.37. The van der Waals surface area contributed by atoms with Gasteiger partial charge in [-0.3, -0.25) is 4.90 Å². The Hall–Kier alpha value is -1.44. The summed E-state index contributed by atoms with van der Waals surface area (Å²) < 4.78 is 26.5. The minimum atomic E-state index is -3.05. The highest BCUT2D eigenvalue weighted by Gasteiger charge is 2.26. The van der Waals surface area contributed by atoms with Gasteiger partial charge in [-0.2, -0.15) is 0 Å². The lowest BCUT2D eigenvalue weighted by molar-refractivity contribution is 0.125. The number of hydrogen-bond donors (Lipinski definition) is 1. The number of halogens is 1. The summed E-state index contributed by atoms with van der Waals surface area (Å²) in [6.07, 6.45) is 6.04. The highest BCUT2D eigenvalue weighted by atomic mass is 35.5. The molecule has 0 aromatic heterocycles. The highest BCUT2D eigenvalue weighted by Crippen LogP contribution is 2.23. The fourth-order valence-corrected chi connectivity index (χ4v) is 6.03. The van der Waals surface area contributed by atoms with E-state index in [1.54, 1.807) is 0 Å². The van der Waals surface area contributed by atoms with E-state index in [4.69, 9.17) is 11.6 Å². The lowest BCUT2D eigenvalue weighted by Gasteiger charge is -2.34. The maximum absolute atomic E-state index is 11.9. The Bertz CT molecular complexity index is 985. The number of benzene rings is 2. The predicted octanol–water partition coefficient (Wildman–Crippen LogP) is 4.77. The van der Waals surface area contributed by atoms with Gasteiger partial charge in [-0.1, -0.05) is 60.8 Å². The van der Waals surface area contributed by atoms with Crippen LogP contribution in [0, 0.1) is 0 Å². The maximum Gasteiger partial charge on any atom is 0.211 e. The minimum absolute atomic E-state index is 0.224. The molecule has 33 heavy (non-hydrogen) atoms. The zero-order valence-electron chi connectivity index (χ0n) is 19.4. The van der Waals surface area contributed by atoms with Crippen LogP contribution in [0.2, 0.25) is 5.02 Å². The SMILES string of the molecule is O=S(=O)(CCCCCCN1CCN(Cc2ccc(-c3cccc(Cl)c3)cc2)CC1)NC1CC1. The van der Waals surface area contributed by atoms with Crippen molar-refractivity contribution >= 4 is 21.6 Å². The van der Waals surface area contributed by atoms with Crippen molar-refractivity contribution in [1.82, 2.24) is 14.5 Å². The van der Waals surface area contributed by atoms with E-state index in [2.05, 4.69) is 44.9 Å². The molecule has 2 aromatic carbocycles. The van der Waals surface area contributed by atoms with E-state index in [-0.39, 0.29) is 11.8 Å². The zero-order valence-corrected chi connectivity index (χ0v) is 21.0. The van der Waals surface area contributed by atoms with Crippen LogP contribution in [0.15, 0.2) is 48.5 Å². The standard InChI is InChI=1S/C26H36ClN3O2S/c27-25-7-5-6-24(20-25)23-10-8-22(9-11-23)21-30-17-15-29(16-18-30)14-3-1-2-4-19-33(31,32)28-26-12-13-26/h5-11,20,26,28H,1-4,12-19,21H2. The molecule has 4 rings (SSSR count). The van der Waals surface area contributed by atoms with Gasteiger partial charge in [0, 0.05) is 43.8 Å². The van der Waals surface area contributed by atoms with Gasteiger partial charge in [0.1, 0.15) is 0 Å². The van der Waals surface area contributed by atoms with Crippen molar-refractivity contribution in [1.29, 1.82) is 0 Å². The second-order valence-corrected chi connectivity index (χ2v) is 11.8. The fraction of sp³-hybridized carbons (Fsp3) is 0.538. The predicted molar refractivity (Wildman–Crippen MR) is 137 cm³/mol. The van der Waals surface area contributed by atoms with Crippen LogP contribution in [0.1, 0.15) is 44.1 Å². The molecular weight excluding hydrogens is 454 g/mol. The van der Waals surface area contributed by atoms with Crippen LogP contribution < -0.4 is 4.72 Å². The van der Waals surface area contributed by atoms with Crippen LogP contribution in [-0.2, 0) is 16.6 Å². The quantitative estimate of drug-likeness (QED) is 0.436.